The first-order valence-corrected chi connectivity index (χ1v) is 5.76. The monoisotopic (exact) mass is 268 g/mol. The molecule has 1 aromatic heterocycles. The van der Waals surface area contributed by atoms with Crippen LogP contribution >= 0.6 is 12.4 Å². The second-order valence-corrected chi connectivity index (χ2v) is 4.41. The molecule has 18 heavy (non-hydrogen) atoms. The highest BCUT2D eigenvalue weighted by atomic mass is 35.5. The van der Waals surface area contributed by atoms with Gasteiger partial charge in [0.25, 0.3) is 0 Å². The summed E-state index contributed by atoms with van der Waals surface area (Å²) >= 11 is 0. The number of imidazole rings is 1. The van der Waals surface area contributed by atoms with E-state index >= 15 is 0 Å². The number of hydrogen-bond donors (Lipinski definition) is 1. The van der Waals surface area contributed by atoms with Crippen LogP contribution in [0.5, 0.6) is 0 Å². The van der Waals surface area contributed by atoms with Gasteiger partial charge >= 0.3 is 5.97 Å². The number of aromatic nitrogens is 2. The van der Waals surface area contributed by atoms with Gasteiger partial charge in [-0.15, -0.1) is 12.4 Å². The zero-order chi connectivity index (χ0) is 12.4. The first kappa shape index (κ1) is 14.5. The summed E-state index contributed by atoms with van der Waals surface area (Å²) in [7, 11) is 0. The van der Waals surface area contributed by atoms with Crippen LogP contribution in [-0.2, 0) is 11.3 Å². The lowest BCUT2D eigenvalue weighted by Gasteiger charge is -2.09. The van der Waals surface area contributed by atoms with Crippen LogP contribution in [0.4, 0.5) is 0 Å². The van der Waals surface area contributed by atoms with E-state index in [-0.39, 0.29) is 24.7 Å². The Labute approximate surface area is 112 Å². The minimum absolute atomic E-state index is 0. The van der Waals surface area contributed by atoms with E-state index in [1.807, 2.05) is 28.8 Å². The lowest BCUT2D eigenvalue weighted by Crippen LogP contribution is -2.09. The second kappa shape index (κ2) is 5.87. The van der Waals surface area contributed by atoms with Crippen molar-refractivity contribution in [2.75, 3.05) is 0 Å². The Bertz CT molecular complexity index is 549. The summed E-state index contributed by atoms with van der Waals surface area (Å²) in [5.74, 6) is 0.459. The van der Waals surface area contributed by atoms with Gasteiger partial charge in [-0.1, -0.05) is 26.0 Å². The summed E-state index contributed by atoms with van der Waals surface area (Å²) in [5, 5.41) is 8.78. The molecule has 0 unspecified atom stereocenters. The van der Waals surface area contributed by atoms with Gasteiger partial charge in [-0.25, -0.2) is 4.98 Å². The number of para-hydroxylation sites is 2. The fourth-order valence-electron chi connectivity index (χ4n) is 1.98. The number of carbonyl (C=O) groups is 1. The van der Waals surface area contributed by atoms with Crippen LogP contribution < -0.4 is 0 Å². The van der Waals surface area contributed by atoms with Gasteiger partial charge in [0.15, 0.2) is 0 Å². The van der Waals surface area contributed by atoms with Crippen molar-refractivity contribution in [2.24, 2.45) is 0 Å². The first-order valence-electron chi connectivity index (χ1n) is 5.76. The molecule has 0 amide bonds. The Morgan fingerprint density at radius 1 is 1.39 bits per heavy atom. The molecule has 0 saturated carbocycles. The Hall–Kier alpha value is -1.55. The molecule has 0 spiro atoms. The van der Waals surface area contributed by atoms with E-state index in [9.17, 15) is 4.79 Å². The number of carboxylic acids is 1. The fraction of sp³-hybridized carbons (Fsp3) is 0.385. The van der Waals surface area contributed by atoms with Crippen LogP contribution in [0.25, 0.3) is 11.0 Å². The van der Waals surface area contributed by atoms with Crippen molar-refractivity contribution in [1.29, 1.82) is 0 Å². The number of aliphatic carboxylic acids is 1. The number of hydrogen-bond acceptors (Lipinski definition) is 2. The highest BCUT2D eigenvalue weighted by Crippen LogP contribution is 2.21. The third-order valence-corrected chi connectivity index (χ3v) is 2.75. The smallest absolute Gasteiger partial charge is 0.305 e. The van der Waals surface area contributed by atoms with Gasteiger partial charge < -0.3 is 9.67 Å². The van der Waals surface area contributed by atoms with Crippen molar-refractivity contribution in [3.63, 3.8) is 0 Å². The van der Waals surface area contributed by atoms with Crippen LogP contribution in [0.2, 0.25) is 0 Å². The third-order valence-electron chi connectivity index (χ3n) is 2.75. The predicted octanol–water partition coefficient (Wildman–Crippen LogP) is 3.06. The molecule has 98 valence electrons. The number of carboxylic acid groups (broad SMARTS) is 1. The van der Waals surface area contributed by atoms with E-state index < -0.39 is 5.97 Å². The molecule has 0 radical (unpaired) electrons. The van der Waals surface area contributed by atoms with Crippen molar-refractivity contribution >= 4 is 29.4 Å². The number of rotatable bonds is 4. The minimum atomic E-state index is -0.780. The lowest BCUT2D eigenvalue weighted by atomic mass is 10.2. The SMILES string of the molecule is CC(C)c1nc2ccccc2n1CCC(=O)O.Cl. The highest BCUT2D eigenvalue weighted by Gasteiger charge is 2.13. The molecule has 5 heteroatoms. The third kappa shape index (κ3) is 2.82. The molecule has 2 rings (SSSR count). The lowest BCUT2D eigenvalue weighted by molar-refractivity contribution is -0.137. The van der Waals surface area contributed by atoms with Crippen molar-refractivity contribution in [1.82, 2.24) is 9.55 Å². The van der Waals surface area contributed by atoms with Gasteiger partial charge in [-0.3, -0.25) is 4.79 Å². The maximum absolute atomic E-state index is 10.7. The highest BCUT2D eigenvalue weighted by molar-refractivity contribution is 5.85. The van der Waals surface area contributed by atoms with Gasteiger partial charge in [0.1, 0.15) is 5.82 Å². The molecule has 0 atom stereocenters. The molecule has 0 bridgehead atoms. The molecule has 1 heterocycles. The molecular formula is C13H17ClN2O2. The standard InChI is InChI=1S/C13H16N2O2.ClH/c1-9(2)13-14-10-5-3-4-6-11(10)15(13)8-7-12(16)17;/h3-6,9H,7-8H2,1-2H3,(H,16,17);1H. The van der Waals surface area contributed by atoms with E-state index in [1.54, 1.807) is 0 Å². The topological polar surface area (TPSA) is 55.1 Å². The van der Waals surface area contributed by atoms with Gasteiger partial charge in [0.2, 0.25) is 0 Å². The van der Waals surface area contributed by atoms with E-state index in [0.29, 0.717) is 6.54 Å². The predicted molar refractivity (Wildman–Crippen MR) is 73.3 cm³/mol. The first-order chi connectivity index (χ1) is 8.09. The summed E-state index contributed by atoms with van der Waals surface area (Å²) < 4.78 is 2.01. The summed E-state index contributed by atoms with van der Waals surface area (Å²) in [6.07, 6.45) is 0.125. The quantitative estimate of drug-likeness (QED) is 0.927. The number of benzene rings is 1. The Kier molecular flexibility index (Phi) is 4.73. The Balaban J connectivity index is 0.00000162. The molecule has 4 nitrogen and oxygen atoms in total. The van der Waals surface area contributed by atoms with E-state index in [2.05, 4.69) is 18.8 Å². The molecule has 0 aliphatic heterocycles. The van der Waals surface area contributed by atoms with Gasteiger partial charge in [-0.05, 0) is 12.1 Å². The second-order valence-electron chi connectivity index (χ2n) is 4.41. The zero-order valence-electron chi connectivity index (χ0n) is 10.5. The molecular weight excluding hydrogens is 252 g/mol. The minimum Gasteiger partial charge on any atom is -0.481 e. The average molecular weight is 269 g/mol. The van der Waals surface area contributed by atoms with Crippen LogP contribution in [-0.4, -0.2) is 20.6 Å². The van der Waals surface area contributed by atoms with Crippen molar-refractivity contribution < 1.29 is 9.90 Å². The molecule has 0 fully saturated rings. The van der Waals surface area contributed by atoms with Gasteiger partial charge in [0, 0.05) is 12.5 Å². The van der Waals surface area contributed by atoms with Crippen LogP contribution in [0.3, 0.4) is 0 Å². The maximum Gasteiger partial charge on any atom is 0.305 e. The molecule has 0 aliphatic rings. The van der Waals surface area contributed by atoms with E-state index in [1.165, 1.54) is 0 Å². The van der Waals surface area contributed by atoms with E-state index in [0.717, 1.165) is 16.9 Å². The average Bonchev–Trinajstić information content (AvgIpc) is 2.65. The molecule has 2 aromatic rings. The normalized spacial score (nSPS) is 10.6. The summed E-state index contributed by atoms with van der Waals surface area (Å²) in [6, 6.07) is 7.83. The Morgan fingerprint density at radius 2 is 2.06 bits per heavy atom. The van der Waals surface area contributed by atoms with Crippen LogP contribution in [0, 0.1) is 0 Å². The molecule has 0 aliphatic carbocycles. The number of halogens is 1. The van der Waals surface area contributed by atoms with Crippen molar-refractivity contribution in [3.05, 3.63) is 30.1 Å². The maximum atomic E-state index is 10.7. The van der Waals surface area contributed by atoms with Crippen molar-refractivity contribution in [3.8, 4) is 0 Å². The summed E-state index contributed by atoms with van der Waals surface area (Å²) in [6.45, 7) is 4.61. The summed E-state index contributed by atoms with van der Waals surface area (Å²) in [5.41, 5.74) is 1.94. The fourth-order valence-corrected chi connectivity index (χ4v) is 1.98. The number of aryl methyl sites for hydroxylation is 1. The zero-order valence-corrected chi connectivity index (χ0v) is 11.3. The van der Waals surface area contributed by atoms with Gasteiger partial charge in [0.05, 0.1) is 17.5 Å². The Morgan fingerprint density at radius 3 is 2.67 bits per heavy atom. The van der Waals surface area contributed by atoms with E-state index in [4.69, 9.17) is 5.11 Å². The molecule has 1 aromatic carbocycles. The van der Waals surface area contributed by atoms with Crippen LogP contribution in [0.1, 0.15) is 32.0 Å². The number of nitrogens with zero attached hydrogens (tertiary/aromatic N) is 2. The number of fused-ring (bicyclic) bond motifs is 1. The molecule has 1 N–H and O–H groups in total. The van der Waals surface area contributed by atoms with Gasteiger partial charge in [-0.2, -0.15) is 0 Å². The molecule has 0 saturated heterocycles. The van der Waals surface area contributed by atoms with Crippen LogP contribution in [0.15, 0.2) is 24.3 Å². The summed E-state index contributed by atoms with van der Waals surface area (Å²) in [4.78, 5) is 15.2. The largest absolute Gasteiger partial charge is 0.481 e. The van der Waals surface area contributed by atoms with Crippen molar-refractivity contribution in [2.45, 2.75) is 32.7 Å².